The first-order valence-corrected chi connectivity index (χ1v) is 8.80. The van der Waals surface area contributed by atoms with Crippen LogP contribution in [-0.2, 0) is 12.7 Å². The number of hydrogen-bond donors (Lipinski definition) is 0. The molecule has 5 nitrogen and oxygen atoms in total. The maximum Gasteiger partial charge on any atom is 0.433 e. The molecular weight excluding hydrogens is 374 g/mol. The molecule has 3 aromatic rings. The standard InChI is InChI=1S/C19H17F4N5/c20-14-3-4-16-15(10-14)18(26-12-25-16)28-8-6-27(7-9-28)11-13-2-1-5-24-17(13)19(21,22)23/h1-5,10,12H,6-9,11H2. The molecule has 0 atom stereocenters. The van der Waals surface area contributed by atoms with Crippen LogP contribution in [0.4, 0.5) is 23.4 Å². The van der Waals surface area contributed by atoms with Crippen LogP contribution in [0.25, 0.3) is 10.9 Å². The van der Waals surface area contributed by atoms with Crippen LogP contribution < -0.4 is 4.90 Å². The third kappa shape index (κ3) is 3.75. The van der Waals surface area contributed by atoms with Gasteiger partial charge in [0.1, 0.15) is 23.7 Å². The van der Waals surface area contributed by atoms with Crippen molar-refractivity contribution >= 4 is 16.7 Å². The van der Waals surface area contributed by atoms with Gasteiger partial charge in [-0.15, -0.1) is 0 Å². The van der Waals surface area contributed by atoms with Crippen LogP contribution in [-0.4, -0.2) is 46.0 Å². The molecule has 4 rings (SSSR count). The van der Waals surface area contributed by atoms with Crippen molar-refractivity contribution in [1.29, 1.82) is 0 Å². The molecule has 0 N–H and O–H groups in total. The van der Waals surface area contributed by atoms with Gasteiger partial charge in [0.25, 0.3) is 0 Å². The Morgan fingerprint density at radius 3 is 2.50 bits per heavy atom. The van der Waals surface area contributed by atoms with Gasteiger partial charge in [0, 0.05) is 44.3 Å². The molecule has 0 aliphatic carbocycles. The number of rotatable bonds is 3. The summed E-state index contributed by atoms with van der Waals surface area (Å²) in [5.74, 6) is 0.278. The second-order valence-corrected chi connectivity index (χ2v) is 6.63. The molecule has 2 aromatic heterocycles. The largest absolute Gasteiger partial charge is 0.433 e. The van der Waals surface area contributed by atoms with E-state index in [-0.39, 0.29) is 17.9 Å². The molecule has 1 aromatic carbocycles. The van der Waals surface area contributed by atoms with Crippen molar-refractivity contribution in [3.05, 3.63) is 59.9 Å². The second-order valence-electron chi connectivity index (χ2n) is 6.63. The van der Waals surface area contributed by atoms with Gasteiger partial charge < -0.3 is 4.90 Å². The van der Waals surface area contributed by atoms with Crippen molar-refractivity contribution < 1.29 is 17.6 Å². The molecule has 0 saturated carbocycles. The Morgan fingerprint density at radius 1 is 0.964 bits per heavy atom. The zero-order valence-corrected chi connectivity index (χ0v) is 14.8. The highest BCUT2D eigenvalue weighted by Gasteiger charge is 2.35. The highest BCUT2D eigenvalue weighted by Crippen LogP contribution is 2.31. The van der Waals surface area contributed by atoms with Crippen LogP contribution in [0, 0.1) is 5.82 Å². The number of pyridine rings is 1. The average Bonchev–Trinajstić information content (AvgIpc) is 2.68. The van der Waals surface area contributed by atoms with Crippen molar-refractivity contribution in [2.75, 3.05) is 31.1 Å². The lowest BCUT2D eigenvalue weighted by atomic mass is 10.1. The van der Waals surface area contributed by atoms with E-state index >= 15 is 0 Å². The number of anilines is 1. The third-order valence-corrected chi connectivity index (χ3v) is 4.80. The van der Waals surface area contributed by atoms with E-state index in [4.69, 9.17) is 0 Å². The van der Waals surface area contributed by atoms with Gasteiger partial charge in [-0.2, -0.15) is 13.2 Å². The van der Waals surface area contributed by atoms with E-state index in [1.165, 1.54) is 30.6 Å². The molecule has 1 saturated heterocycles. The fourth-order valence-corrected chi connectivity index (χ4v) is 3.45. The summed E-state index contributed by atoms with van der Waals surface area (Å²) in [6.45, 7) is 2.45. The van der Waals surface area contributed by atoms with Gasteiger partial charge >= 0.3 is 6.18 Å². The van der Waals surface area contributed by atoms with Crippen LogP contribution in [0.1, 0.15) is 11.3 Å². The summed E-state index contributed by atoms with van der Waals surface area (Å²) < 4.78 is 53.0. The normalized spacial score (nSPS) is 15.9. The van der Waals surface area contributed by atoms with Gasteiger partial charge in [0.05, 0.1) is 5.52 Å². The number of nitrogens with zero attached hydrogens (tertiary/aromatic N) is 5. The Morgan fingerprint density at radius 2 is 1.75 bits per heavy atom. The van der Waals surface area contributed by atoms with Crippen molar-refractivity contribution in [2.24, 2.45) is 0 Å². The lowest BCUT2D eigenvalue weighted by Crippen LogP contribution is -2.46. The van der Waals surface area contributed by atoms with Gasteiger partial charge in [-0.05, 0) is 29.8 Å². The van der Waals surface area contributed by atoms with E-state index in [0.29, 0.717) is 42.9 Å². The smallest absolute Gasteiger partial charge is 0.353 e. The molecule has 1 aliphatic rings. The highest BCUT2D eigenvalue weighted by molar-refractivity contribution is 5.89. The first-order chi connectivity index (χ1) is 13.4. The molecule has 0 unspecified atom stereocenters. The fourth-order valence-electron chi connectivity index (χ4n) is 3.45. The lowest BCUT2D eigenvalue weighted by molar-refractivity contribution is -0.142. The molecule has 28 heavy (non-hydrogen) atoms. The average molecular weight is 391 g/mol. The second kappa shape index (κ2) is 7.31. The fraction of sp³-hybridized carbons (Fsp3) is 0.316. The van der Waals surface area contributed by atoms with E-state index in [9.17, 15) is 17.6 Å². The number of fused-ring (bicyclic) bond motifs is 1. The summed E-state index contributed by atoms with van der Waals surface area (Å²) in [5, 5.41) is 0.627. The van der Waals surface area contributed by atoms with Crippen LogP contribution in [0.2, 0.25) is 0 Å². The van der Waals surface area contributed by atoms with Gasteiger partial charge in [-0.25, -0.2) is 14.4 Å². The molecule has 1 aliphatic heterocycles. The molecule has 0 radical (unpaired) electrons. The van der Waals surface area contributed by atoms with Crippen LogP contribution in [0.5, 0.6) is 0 Å². The molecule has 0 amide bonds. The monoisotopic (exact) mass is 391 g/mol. The van der Waals surface area contributed by atoms with E-state index < -0.39 is 11.9 Å². The van der Waals surface area contributed by atoms with Crippen molar-refractivity contribution in [3.63, 3.8) is 0 Å². The molecule has 3 heterocycles. The molecular formula is C19H17F4N5. The third-order valence-electron chi connectivity index (χ3n) is 4.80. The Bertz CT molecular complexity index is 983. The maximum absolute atomic E-state index is 13.6. The molecule has 0 spiro atoms. The van der Waals surface area contributed by atoms with Crippen LogP contribution in [0.15, 0.2) is 42.9 Å². The summed E-state index contributed by atoms with van der Waals surface area (Å²) in [7, 11) is 0. The highest BCUT2D eigenvalue weighted by atomic mass is 19.4. The summed E-state index contributed by atoms with van der Waals surface area (Å²) >= 11 is 0. The Kier molecular flexibility index (Phi) is 4.84. The van der Waals surface area contributed by atoms with Gasteiger partial charge in [0.2, 0.25) is 0 Å². The van der Waals surface area contributed by atoms with Crippen molar-refractivity contribution in [3.8, 4) is 0 Å². The number of aromatic nitrogens is 3. The van der Waals surface area contributed by atoms with Gasteiger partial charge in [-0.3, -0.25) is 9.88 Å². The maximum atomic E-state index is 13.6. The number of benzene rings is 1. The first kappa shape index (κ1) is 18.5. The zero-order valence-electron chi connectivity index (χ0n) is 14.8. The molecule has 9 heteroatoms. The summed E-state index contributed by atoms with van der Waals surface area (Å²) in [5.41, 5.74) is -0.0216. The van der Waals surface area contributed by atoms with E-state index in [2.05, 4.69) is 15.0 Å². The van der Waals surface area contributed by atoms with Gasteiger partial charge in [0.15, 0.2) is 0 Å². The number of halogens is 4. The van der Waals surface area contributed by atoms with Gasteiger partial charge in [-0.1, -0.05) is 6.07 Å². The minimum absolute atomic E-state index is 0.165. The lowest BCUT2D eigenvalue weighted by Gasteiger charge is -2.36. The van der Waals surface area contributed by atoms with E-state index in [0.717, 1.165) is 6.20 Å². The first-order valence-electron chi connectivity index (χ1n) is 8.80. The number of piperazine rings is 1. The van der Waals surface area contributed by atoms with Crippen molar-refractivity contribution in [1.82, 2.24) is 19.9 Å². The molecule has 1 fully saturated rings. The zero-order chi connectivity index (χ0) is 19.7. The predicted octanol–water partition coefficient (Wildman–Crippen LogP) is 3.50. The van der Waals surface area contributed by atoms with Crippen molar-refractivity contribution in [2.45, 2.75) is 12.7 Å². The molecule has 146 valence electrons. The Hall–Kier alpha value is -2.81. The van der Waals surface area contributed by atoms with E-state index in [1.54, 1.807) is 6.07 Å². The number of alkyl halides is 3. The predicted molar refractivity (Wildman–Crippen MR) is 96.2 cm³/mol. The minimum atomic E-state index is -4.47. The number of hydrogen-bond acceptors (Lipinski definition) is 5. The Balaban J connectivity index is 1.49. The quantitative estimate of drug-likeness (QED) is 0.640. The summed E-state index contributed by atoms with van der Waals surface area (Å²) in [6, 6.07) is 7.34. The Labute approximate surface area is 158 Å². The topological polar surface area (TPSA) is 45.2 Å². The molecule has 0 bridgehead atoms. The SMILES string of the molecule is Fc1ccc2ncnc(N3CCN(Cc4cccnc4C(F)(F)F)CC3)c2c1. The van der Waals surface area contributed by atoms with Crippen LogP contribution >= 0.6 is 0 Å². The summed E-state index contributed by atoms with van der Waals surface area (Å²) in [4.78, 5) is 15.9. The minimum Gasteiger partial charge on any atom is -0.353 e. The van der Waals surface area contributed by atoms with Crippen LogP contribution in [0.3, 0.4) is 0 Å². The van der Waals surface area contributed by atoms with E-state index in [1.807, 2.05) is 9.80 Å². The summed E-state index contributed by atoms with van der Waals surface area (Å²) in [6.07, 6.45) is -1.88.